The number of oxime groups is 1. The first-order chi connectivity index (χ1) is 13.4. The molecule has 1 heterocycles. The van der Waals surface area contributed by atoms with Gasteiger partial charge in [0, 0.05) is 36.6 Å². The van der Waals surface area contributed by atoms with E-state index >= 15 is 0 Å². The largest absolute Gasteiger partial charge is 0.391 e. The number of carbonyl (C=O) groups is 1. The highest BCUT2D eigenvalue weighted by atomic mass is 16.6. The van der Waals surface area contributed by atoms with Gasteiger partial charge in [-0.25, -0.2) is 0 Å². The van der Waals surface area contributed by atoms with Gasteiger partial charge in [-0.05, 0) is 69.2 Å². The molecule has 0 radical (unpaired) electrons. The smallest absolute Gasteiger partial charge is 0.141 e. The second-order valence-corrected chi connectivity index (χ2v) is 10.8. The summed E-state index contributed by atoms with van der Waals surface area (Å²) in [4.78, 5) is 18.3. The lowest BCUT2D eigenvalue weighted by molar-refractivity contribution is -0.188. The number of fused-ring (bicyclic) bond motifs is 5. The number of rotatable bonds is 2. The zero-order chi connectivity index (χ0) is 19.6. The van der Waals surface area contributed by atoms with E-state index in [0.717, 1.165) is 76.6 Å². The van der Waals surface area contributed by atoms with Gasteiger partial charge in [-0.2, -0.15) is 0 Å². The van der Waals surface area contributed by atoms with Crippen LogP contribution in [0.15, 0.2) is 5.16 Å². The second kappa shape index (κ2) is 6.53. The molecule has 4 saturated carbocycles. The summed E-state index contributed by atoms with van der Waals surface area (Å²) < 4.78 is 0. The standard InChI is InChI=1S/C23H36N2O3/c1-21-9-7-19-17(18(21)3-4-20(21)26)6-11-23(27)13-15(5-10-22(19,23)2)25-28-16-8-12-24-14-16/h16-19,24,27H,3-14H2,1-2H3/t16?,17-,18-,19-,21-,22+,23+/m0/s1. The number of ketones is 1. The first kappa shape index (κ1) is 19.0. The number of carbonyl (C=O) groups excluding carboxylic acids is 1. The third-order valence-electron chi connectivity index (χ3n) is 9.69. The highest BCUT2D eigenvalue weighted by molar-refractivity contribution is 5.87. The summed E-state index contributed by atoms with van der Waals surface area (Å²) in [5, 5.41) is 19.6. The van der Waals surface area contributed by atoms with Gasteiger partial charge in [-0.3, -0.25) is 4.79 Å². The molecule has 1 aliphatic heterocycles. The van der Waals surface area contributed by atoms with Crippen molar-refractivity contribution in [3.05, 3.63) is 0 Å². The van der Waals surface area contributed by atoms with Gasteiger partial charge in [0.15, 0.2) is 0 Å². The molecule has 4 aliphatic carbocycles. The lowest BCUT2D eigenvalue weighted by Crippen LogP contribution is -2.62. The number of aliphatic hydroxyl groups is 1. The normalized spacial score (nSPS) is 52.2. The van der Waals surface area contributed by atoms with E-state index in [1.807, 2.05) is 0 Å². The van der Waals surface area contributed by atoms with Crippen LogP contribution in [-0.4, -0.2) is 41.4 Å². The summed E-state index contributed by atoms with van der Waals surface area (Å²) >= 11 is 0. The van der Waals surface area contributed by atoms with Gasteiger partial charge in [0.1, 0.15) is 11.9 Å². The Labute approximate surface area is 168 Å². The highest BCUT2D eigenvalue weighted by Crippen LogP contribution is 2.66. The van der Waals surface area contributed by atoms with Crippen molar-refractivity contribution >= 4 is 11.5 Å². The first-order valence-electron chi connectivity index (χ1n) is 11.5. The van der Waals surface area contributed by atoms with Crippen LogP contribution in [0.25, 0.3) is 0 Å². The maximum atomic E-state index is 12.6. The average Bonchev–Trinajstić information content (AvgIpc) is 3.29. The molecular formula is C23H36N2O3. The zero-order valence-electron chi connectivity index (χ0n) is 17.5. The van der Waals surface area contributed by atoms with Crippen LogP contribution in [0.4, 0.5) is 0 Å². The molecule has 0 aromatic rings. The van der Waals surface area contributed by atoms with E-state index in [2.05, 4.69) is 24.3 Å². The van der Waals surface area contributed by atoms with E-state index < -0.39 is 5.60 Å². The van der Waals surface area contributed by atoms with Crippen molar-refractivity contribution in [2.75, 3.05) is 13.1 Å². The first-order valence-corrected chi connectivity index (χ1v) is 11.5. The van der Waals surface area contributed by atoms with Gasteiger partial charge in [0.2, 0.25) is 0 Å². The number of Topliss-reactive ketones (excluding diaryl/α,β-unsaturated/α-hetero) is 1. The molecule has 0 aromatic heterocycles. The number of nitrogens with one attached hydrogen (secondary N) is 1. The quantitative estimate of drug-likeness (QED) is 0.711. The van der Waals surface area contributed by atoms with Gasteiger partial charge in [-0.1, -0.05) is 19.0 Å². The number of hydrogen-bond acceptors (Lipinski definition) is 5. The predicted octanol–water partition coefficient (Wildman–Crippen LogP) is 3.45. The summed E-state index contributed by atoms with van der Waals surface area (Å²) in [5.41, 5.74) is 0.231. The molecule has 1 saturated heterocycles. The van der Waals surface area contributed by atoms with Crippen LogP contribution in [0.2, 0.25) is 0 Å². The van der Waals surface area contributed by atoms with Gasteiger partial charge in [-0.15, -0.1) is 0 Å². The Bertz CT molecular complexity index is 687. The Balaban J connectivity index is 1.35. The number of hydrogen-bond donors (Lipinski definition) is 2. The molecule has 0 bridgehead atoms. The molecule has 5 nitrogen and oxygen atoms in total. The van der Waals surface area contributed by atoms with Crippen molar-refractivity contribution in [2.24, 2.45) is 33.7 Å². The van der Waals surface area contributed by atoms with E-state index in [1.165, 1.54) is 0 Å². The van der Waals surface area contributed by atoms with E-state index in [4.69, 9.17) is 4.84 Å². The van der Waals surface area contributed by atoms with Crippen LogP contribution < -0.4 is 5.32 Å². The van der Waals surface area contributed by atoms with Crippen LogP contribution in [0, 0.1) is 28.6 Å². The Morgan fingerprint density at radius 1 is 1.07 bits per heavy atom. The SMILES string of the molecule is C[C@]12CC[C@H]3[C@@H](CC[C@@]4(O)CC(=NOC5CCNC5)CC[C@]34C)[C@@H]1CCC2=O. The fourth-order valence-corrected chi connectivity index (χ4v) is 7.77. The van der Waals surface area contributed by atoms with Gasteiger partial charge < -0.3 is 15.3 Å². The van der Waals surface area contributed by atoms with Gasteiger partial charge in [0.25, 0.3) is 0 Å². The molecule has 0 aromatic carbocycles. The van der Waals surface area contributed by atoms with Crippen LogP contribution in [0.3, 0.4) is 0 Å². The monoisotopic (exact) mass is 388 g/mol. The van der Waals surface area contributed by atoms with E-state index in [0.29, 0.717) is 30.0 Å². The zero-order valence-corrected chi connectivity index (χ0v) is 17.5. The van der Waals surface area contributed by atoms with Crippen LogP contribution in [0.5, 0.6) is 0 Å². The summed E-state index contributed by atoms with van der Waals surface area (Å²) in [6.45, 7) is 6.44. The lowest BCUT2D eigenvalue weighted by atomic mass is 9.43. The minimum atomic E-state index is -0.668. The lowest BCUT2D eigenvalue weighted by Gasteiger charge is -2.62. The van der Waals surface area contributed by atoms with Crippen molar-refractivity contribution in [3.63, 3.8) is 0 Å². The predicted molar refractivity (Wildman–Crippen MR) is 108 cm³/mol. The fourth-order valence-electron chi connectivity index (χ4n) is 7.77. The molecule has 1 unspecified atom stereocenters. The molecule has 7 atom stereocenters. The van der Waals surface area contributed by atoms with Crippen molar-refractivity contribution in [3.8, 4) is 0 Å². The summed E-state index contributed by atoms with van der Waals surface area (Å²) in [5.74, 6) is 2.18. The minimum absolute atomic E-state index is 0.0587. The van der Waals surface area contributed by atoms with Crippen molar-refractivity contribution in [1.29, 1.82) is 0 Å². The molecule has 28 heavy (non-hydrogen) atoms. The summed E-state index contributed by atoms with van der Waals surface area (Å²) in [6, 6.07) is 0. The Morgan fingerprint density at radius 2 is 1.93 bits per heavy atom. The maximum absolute atomic E-state index is 12.6. The molecule has 2 N–H and O–H groups in total. The van der Waals surface area contributed by atoms with Crippen molar-refractivity contribution in [2.45, 2.75) is 89.8 Å². The molecule has 0 spiro atoms. The molecule has 156 valence electrons. The molecule has 5 heteroatoms. The van der Waals surface area contributed by atoms with Gasteiger partial charge in [0.05, 0.1) is 11.3 Å². The molecule has 5 rings (SSSR count). The topological polar surface area (TPSA) is 70.9 Å². The highest BCUT2D eigenvalue weighted by Gasteiger charge is 2.64. The number of nitrogens with zero attached hydrogens (tertiary/aromatic N) is 1. The van der Waals surface area contributed by atoms with E-state index in [1.54, 1.807) is 0 Å². The van der Waals surface area contributed by atoms with Crippen LogP contribution in [0.1, 0.15) is 78.1 Å². The van der Waals surface area contributed by atoms with Gasteiger partial charge >= 0.3 is 0 Å². The van der Waals surface area contributed by atoms with Crippen molar-refractivity contribution < 1.29 is 14.7 Å². The third-order valence-corrected chi connectivity index (χ3v) is 9.69. The molecular weight excluding hydrogens is 352 g/mol. The molecule has 5 aliphatic rings. The Kier molecular flexibility index (Phi) is 4.44. The minimum Gasteiger partial charge on any atom is -0.391 e. The van der Waals surface area contributed by atoms with E-state index in [9.17, 15) is 9.90 Å². The summed E-state index contributed by atoms with van der Waals surface area (Å²) in [7, 11) is 0. The molecule has 5 fully saturated rings. The molecule has 0 amide bonds. The van der Waals surface area contributed by atoms with Crippen molar-refractivity contribution in [1.82, 2.24) is 5.32 Å². The average molecular weight is 389 g/mol. The van der Waals surface area contributed by atoms with Crippen LogP contribution >= 0.6 is 0 Å². The van der Waals surface area contributed by atoms with Crippen LogP contribution in [-0.2, 0) is 9.63 Å². The second-order valence-electron chi connectivity index (χ2n) is 10.8. The maximum Gasteiger partial charge on any atom is 0.141 e. The Hall–Kier alpha value is -0.940. The Morgan fingerprint density at radius 3 is 2.71 bits per heavy atom. The fraction of sp³-hybridized carbons (Fsp3) is 0.913. The third kappa shape index (κ3) is 2.64. The summed E-state index contributed by atoms with van der Waals surface area (Å²) in [6.07, 6.45) is 9.64. The van der Waals surface area contributed by atoms with E-state index in [-0.39, 0.29) is 16.9 Å².